The molecular formula is C64H91N11O24. The Morgan fingerprint density at radius 2 is 0.859 bits per heavy atom. The first-order chi connectivity index (χ1) is 46.4. The van der Waals surface area contributed by atoms with Crippen molar-refractivity contribution >= 4 is 89.2 Å². The Balaban J connectivity index is 0.000000332. The zero-order chi connectivity index (χ0) is 74.1. The number of fused-ring (bicyclic) bond motifs is 6. The highest BCUT2D eigenvalue weighted by Crippen LogP contribution is 2.34. The van der Waals surface area contributed by atoms with Crippen LogP contribution in [0.5, 0.6) is 0 Å². The van der Waals surface area contributed by atoms with E-state index in [9.17, 15) is 73.2 Å². The number of aliphatic hydroxyl groups is 2. The number of rotatable bonds is 32. The van der Waals surface area contributed by atoms with Crippen molar-refractivity contribution in [3.63, 3.8) is 0 Å². The Hall–Kier alpha value is -9.33. The van der Waals surface area contributed by atoms with Crippen LogP contribution in [0, 0.1) is 13.8 Å². The summed E-state index contributed by atoms with van der Waals surface area (Å²) < 4.78 is 0. The van der Waals surface area contributed by atoms with Gasteiger partial charge in [0.25, 0.3) is 0 Å². The number of hydrogen-bond donors (Lipinski definition) is 15. The molecule has 8 bridgehead atoms. The van der Waals surface area contributed by atoms with Gasteiger partial charge in [-0.05, 0) is 106 Å². The fourth-order valence-electron chi connectivity index (χ4n) is 11.9. The summed E-state index contributed by atoms with van der Waals surface area (Å²) >= 11 is 0. The first kappa shape index (κ1) is 82.1. The number of nitrogens with zero attached hydrogens (tertiary/aromatic N) is 9. The van der Waals surface area contributed by atoms with E-state index in [4.69, 9.17) is 55.9 Å². The third-order valence-electron chi connectivity index (χ3n) is 16.6. The molecule has 99 heavy (non-hydrogen) atoms. The third-order valence-corrected chi connectivity index (χ3v) is 16.6. The molecule has 0 amide bonds. The topological polar surface area (TPSA) is 530 Å². The number of aromatic amines is 2. The molecule has 0 aliphatic carbocycles. The van der Waals surface area contributed by atoms with E-state index in [1.54, 1.807) is 33.4 Å². The maximum Gasteiger partial charge on any atom is 0.317 e. The Morgan fingerprint density at radius 3 is 1.23 bits per heavy atom. The van der Waals surface area contributed by atoms with Gasteiger partial charge in [-0.15, -0.1) is 0 Å². The lowest BCUT2D eigenvalue weighted by Gasteiger charge is -2.32. The van der Waals surface area contributed by atoms with E-state index < -0.39 is 111 Å². The molecule has 3 atom stereocenters. The number of aromatic nitrogens is 2. The van der Waals surface area contributed by atoms with Crippen molar-refractivity contribution in [3.05, 3.63) is 78.4 Å². The van der Waals surface area contributed by atoms with Crippen molar-refractivity contribution in [2.24, 2.45) is 9.98 Å². The summed E-state index contributed by atoms with van der Waals surface area (Å²) in [7, 11) is 0. The molecule has 2 aromatic heterocycles. The molecule has 0 aromatic carbocycles. The lowest BCUT2D eigenvalue weighted by atomic mass is 9.93. The lowest BCUT2D eigenvalue weighted by molar-refractivity contribution is -0.143. The number of carboxylic acid groups (broad SMARTS) is 11. The van der Waals surface area contributed by atoms with Crippen LogP contribution >= 0.6 is 0 Å². The molecule has 6 heterocycles. The zero-order valence-corrected chi connectivity index (χ0v) is 56.2. The van der Waals surface area contributed by atoms with Crippen molar-refractivity contribution < 1.29 is 119 Å². The van der Waals surface area contributed by atoms with Gasteiger partial charge < -0.3 is 76.4 Å². The van der Waals surface area contributed by atoms with E-state index in [-0.39, 0.29) is 71.2 Å². The average molecular weight is 1400 g/mol. The first-order valence-electron chi connectivity index (χ1n) is 31.7. The van der Waals surface area contributed by atoms with Crippen molar-refractivity contribution in [2.45, 2.75) is 91.9 Å². The Kier molecular flexibility index (Phi) is 32.6. The second-order valence-electron chi connectivity index (χ2n) is 24.3. The number of aliphatic hydroxyl groups excluding tert-OH is 2. The minimum atomic E-state index is -1.24. The highest BCUT2D eigenvalue weighted by Gasteiger charge is 2.31. The van der Waals surface area contributed by atoms with Gasteiger partial charge in [0.15, 0.2) is 0 Å². The lowest BCUT2D eigenvalue weighted by Crippen LogP contribution is -2.49. The molecule has 1 saturated heterocycles. The fraction of sp³-hybridized carbons (Fsp3) is 0.547. The number of hydrogen-bond acceptors (Lipinski definition) is 22. The highest BCUT2D eigenvalue weighted by molar-refractivity contribution is 6.24. The molecule has 4 aliphatic heterocycles. The highest BCUT2D eigenvalue weighted by atomic mass is 16.4. The summed E-state index contributed by atoms with van der Waals surface area (Å²) in [5.74, 6) is -12.0. The van der Waals surface area contributed by atoms with Crippen LogP contribution in [-0.2, 0) is 65.6 Å². The number of aliphatic imine (C=N–C) groups is 2. The molecule has 0 radical (unpaired) electrons. The van der Waals surface area contributed by atoms with Crippen LogP contribution in [-0.4, -0.2) is 337 Å². The summed E-state index contributed by atoms with van der Waals surface area (Å²) in [6.45, 7) is 9.98. The van der Waals surface area contributed by atoms with E-state index in [0.717, 1.165) is 65.5 Å². The van der Waals surface area contributed by atoms with Gasteiger partial charge in [-0.3, -0.25) is 92.0 Å². The van der Waals surface area contributed by atoms with E-state index in [1.165, 1.54) is 4.90 Å². The molecule has 4 aliphatic rings. The van der Waals surface area contributed by atoms with E-state index in [0.29, 0.717) is 99.7 Å². The summed E-state index contributed by atoms with van der Waals surface area (Å²) in [5.41, 5.74) is 10.4. The molecule has 35 heteroatoms. The molecule has 3 unspecified atom stereocenters. The number of carbonyl (C=O) groups is 11. The van der Waals surface area contributed by atoms with Crippen LogP contribution in [0.4, 0.5) is 0 Å². The van der Waals surface area contributed by atoms with Crippen molar-refractivity contribution in [1.82, 2.24) is 44.3 Å². The minimum absolute atomic E-state index is 0.000836. The van der Waals surface area contributed by atoms with Crippen molar-refractivity contribution in [3.8, 4) is 0 Å². The van der Waals surface area contributed by atoms with Gasteiger partial charge in [0.2, 0.25) is 0 Å². The summed E-state index contributed by atoms with van der Waals surface area (Å²) in [6, 6.07) is -0.340. The predicted molar refractivity (Wildman–Crippen MR) is 353 cm³/mol. The normalized spacial score (nSPS) is 17.6. The van der Waals surface area contributed by atoms with E-state index >= 15 is 0 Å². The number of H-pyrrole nitrogens is 2. The second-order valence-corrected chi connectivity index (χ2v) is 24.3. The maximum atomic E-state index is 11.6. The second kappa shape index (κ2) is 39.3. The molecule has 1 fully saturated rings. The zero-order valence-electron chi connectivity index (χ0n) is 56.2. The Morgan fingerprint density at radius 1 is 0.465 bits per heavy atom. The quantitative estimate of drug-likeness (QED) is 0.0380. The largest absolute Gasteiger partial charge is 0.481 e. The Labute approximate surface area is 568 Å². The predicted octanol–water partition coefficient (Wildman–Crippen LogP) is -1.90. The van der Waals surface area contributed by atoms with Gasteiger partial charge >= 0.3 is 65.7 Å². The number of carboxylic acids is 11. The van der Waals surface area contributed by atoms with Crippen LogP contribution in [0.15, 0.2) is 44.1 Å². The molecule has 15 N–H and O–H groups in total. The van der Waals surface area contributed by atoms with Gasteiger partial charge in [0.05, 0.1) is 94.3 Å². The van der Waals surface area contributed by atoms with Gasteiger partial charge in [-0.25, -0.2) is 4.99 Å². The van der Waals surface area contributed by atoms with Gasteiger partial charge in [0, 0.05) is 131 Å². The fourth-order valence-corrected chi connectivity index (χ4v) is 11.9. The molecule has 6 rings (SSSR count). The van der Waals surface area contributed by atoms with Gasteiger partial charge in [0.1, 0.15) is 0 Å². The number of allylic oxidation sites excluding steroid dienone is 3. The SMILES string of the molecule is CC1=C(CCC(=O)O)C2Cc3[nH]c(c(C)c3CCC(=O)O)C=c3[nH]c(c(C)c3C(C)O)=CC3=N/C(=C\C1=N2)C(C)=C3C(C)O.O=C(O)CN(CCN(CC(=O)O)CC(=O)O)CCN(CC(=O)O)CC(=O)O.O=C(O)CN1CCN(CC(=O)O)CCN(CC(=O)O)CCN(CC(=O)O)CC1. The third kappa shape index (κ3) is 27.8. The van der Waals surface area contributed by atoms with Crippen LogP contribution < -0.4 is 10.7 Å². The molecule has 0 saturated carbocycles. The molecule has 546 valence electrons. The summed E-state index contributed by atoms with van der Waals surface area (Å²) in [4.78, 5) is 149. The van der Waals surface area contributed by atoms with Crippen LogP contribution in [0.25, 0.3) is 12.2 Å². The maximum absolute atomic E-state index is 11.6. The van der Waals surface area contributed by atoms with E-state index in [1.807, 2.05) is 45.9 Å². The van der Waals surface area contributed by atoms with Gasteiger partial charge in [-0.1, -0.05) is 0 Å². The minimum Gasteiger partial charge on any atom is -0.481 e. The molecule has 0 spiro atoms. The molecule has 2 aromatic rings. The summed E-state index contributed by atoms with van der Waals surface area (Å²) in [6.07, 6.45) is 5.23. The smallest absolute Gasteiger partial charge is 0.317 e. The van der Waals surface area contributed by atoms with Gasteiger partial charge in [-0.2, -0.15) is 0 Å². The monoisotopic (exact) mass is 1400 g/mol. The van der Waals surface area contributed by atoms with Crippen LogP contribution in [0.3, 0.4) is 0 Å². The molecule has 35 nitrogen and oxygen atoms in total. The summed E-state index contributed by atoms with van der Waals surface area (Å²) in [5, 5.41) is 122. The van der Waals surface area contributed by atoms with Crippen molar-refractivity contribution in [2.75, 3.05) is 137 Å². The van der Waals surface area contributed by atoms with Crippen LogP contribution in [0.1, 0.15) is 86.7 Å². The Bertz CT molecular complexity index is 3420. The van der Waals surface area contributed by atoms with E-state index in [2.05, 4.69) is 9.97 Å². The standard InChI is InChI=1S/C34H40N4O6.C16H28N4O8.C14H23N3O10/c1-15-21(7-9-31(41)42)27-14-28-22(8-10-32(43)44)16(2)24(36-28)12-29-34(20(6)40)18(4)26(38-29)13-30-33(19(5)39)17(3)25(37-30)11-23(15)35-27;21-13(22)9-17-1-2-18(10-14(23)24)5-6-20(12-16(27)28)8-7-19(4-3-17)11-15(25)26;18-10(19)5-15(1-3-16(6-11(20)21)7-12(22)23)2-4-17(8-13(24)25)9-14(26)27/h11-13,19-20,27,36,38-40H,7-10,14H2,1-6H3,(H,41,42)(H,43,44);1-12H2,(H,21,22)(H,23,24)(H,25,26)(H,27,28);1-9H2,(H,18,19)(H,20,21)(H,22,23)(H,24,25)(H,26,27)/b25-11-,26-13?,29-12?;;. The average Bonchev–Trinajstić information content (AvgIpc) is 1.62. The van der Waals surface area contributed by atoms with Crippen molar-refractivity contribution in [1.29, 1.82) is 0 Å². The number of nitrogens with one attached hydrogen (secondary N) is 2. The van der Waals surface area contributed by atoms with Crippen LogP contribution in [0.2, 0.25) is 0 Å². The number of aliphatic carboxylic acids is 11. The first-order valence-corrected chi connectivity index (χ1v) is 31.7. The molecular weight excluding hydrogens is 1310 g/mol.